The van der Waals surface area contributed by atoms with Crippen LogP contribution in [0.5, 0.6) is 0 Å². The molecule has 0 unspecified atom stereocenters. The van der Waals surface area contributed by atoms with E-state index in [1.54, 1.807) is 19.2 Å². The number of nitrogens with one attached hydrogen (secondary N) is 1. The summed E-state index contributed by atoms with van der Waals surface area (Å²) >= 11 is 0. The van der Waals surface area contributed by atoms with E-state index >= 15 is 0 Å². The molecule has 0 saturated carbocycles. The smallest absolute Gasteiger partial charge is 0.346 e. The fourth-order valence-corrected chi connectivity index (χ4v) is 1.41. The molecule has 1 N–H and O–H groups in total. The molecule has 100 valence electrons. The molecule has 5 nitrogen and oxygen atoms in total. The summed E-state index contributed by atoms with van der Waals surface area (Å²) in [6, 6.07) is 2.15. The van der Waals surface area contributed by atoms with Gasteiger partial charge in [0.05, 0.1) is 11.7 Å². The van der Waals surface area contributed by atoms with Gasteiger partial charge in [-0.3, -0.25) is 0 Å². The first-order valence-corrected chi connectivity index (χ1v) is 5.39. The lowest BCUT2D eigenvalue weighted by Crippen LogP contribution is -2.14. The molecule has 0 spiro atoms. The van der Waals surface area contributed by atoms with Crippen molar-refractivity contribution in [2.24, 2.45) is 0 Å². The van der Waals surface area contributed by atoms with E-state index in [0.717, 1.165) is 12.3 Å². The predicted octanol–water partition coefficient (Wildman–Crippen LogP) is 2.46. The van der Waals surface area contributed by atoms with Gasteiger partial charge in [0, 0.05) is 12.4 Å². The number of anilines is 1. The van der Waals surface area contributed by atoms with Crippen molar-refractivity contribution in [2.75, 3.05) is 5.32 Å². The lowest BCUT2D eigenvalue weighted by atomic mass is 10.2. The Labute approximate surface area is 107 Å². The van der Waals surface area contributed by atoms with Crippen molar-refractivity contribution in [2.45, 2.75) is 19.1 Å². The van der Waals surface area contributed by atoms with Gasteiger partial charge in [0.1, 0.15) is 12.0 Å². The molecule has 1 atom stereocenters. The molecule has 2 rings (SSSR count). The second-order valence-electron chi connectivity index (χ2n) is 3.76. The SMILES string of the molecule is C[C@@H](Nc1nccc(C(F)(F)F)n1)c1ccncn1. The van der Waals surface area contributed by atoms with E-state index in [-0.39, 0.29) is 12.0 Å². The molecule has 0 aliphatic carbocycles. The van der Waals surface area contributed by atoms with Crippen LogP contribution in [0.4, 0.5) is 19.1 Å². The Morgan fingerprint density at radius 3 is 2.58 bits per heavy atom. The maximum atomic E-state index is 12.5. The third-order valence-corrected chi connectivity index (χ3v) is 2.34. The van der Waals surface area contributed by atoms with Crippen molar-refractivity contribution < 1.29 is 13.2 Å². The quantitative estimate of drug-likeness (QED) is 0.927. The van der Waals surface area contributed by atoms with Gasteiger partial charge in [-0.1, -0.05) is 0 Å². The van der Waals surface area contributed by atoms with Gasteiger partial charge in [-0.25, -0.2) is 19.9 Å². The number of aromatic nitrogens is 4. The van der Waals surface area contributed by atoms with E-state index in [4.69, 9.17) is 0 Å². The van der Waals surface area contributed by atoms with Crippen LogP contribution in [-0.4, -0.2) is 19.9 Å². The second-order valence-corrected chi connectivity index (χ2v) is 3.76. The molecule has 2 aromatic heterocycles. The molecule has 0 aliphatic rings. The van der Waals surface area contributed by atoms with Crippen LogP contribution in [0.15, 0.2) is 30.9 Å². The minimum absolute atomic E-state index is 0.0964. The van der Waals surface area contributed by atoms with Crippen molar-refractivity contribution in [3.05, 3.63) is 42.2 Å². The molecule has 2 heterocycles. The summed E-state index contributed by atoms with van der Waals surface area (Å²) in [5.74, 6) is -0.0964. The molecule has 0 saturated heterocycles. The molecule has 0 bridgehead atoms. The van der Waals surface area contributed by atoms with Gasteiger partial charge in [0.2, 0.25) is 5.95 Å². The van der Waals surface area contributed by atoms with Gasteiger partial charge in [0.25, 0.3) is 0 Å². The van der Waals surface area contributed by atoms with Crippen LogP contribution in [0.25, 0.3) is 0 Å². The van der Waals surface area contributed by atoms with Crippen LogP contribution in [0, 0.1) is 0 Å². The zero-order valence-corrected chi connectivity index (χ0v) is 9.89. The maximum Gasteiger partial charge on any atom is 0.433 e. The van der Waals surface area contributed by atoms with Gasteiger partial charge in [-0.15, -0.1) is 0 Å². The molecular formula is C11H10F3N5. The maximum absolute atomic E-state index is 12.5. The van der Waals surface area contributed by atoms with Crippen molar-refractivity contribution in [1.82, 2.24) is 19.9 Å². The van der Waals surface area contributed by atoms with E-state index < -0.39 is 11.9 Å². The predicted molar refractivity (Wildman–Crippen MR) is 61.1 cm³/mol. The molecule has 0 aromatic carbocycles. The Balaban J connectivity index is 2.16. The van der Waals surface area contributed by atoms with Crippen molar-refractivity contribution >= 4 is 5.95 Å². The number of halogens is 3. The third kappa shape index (κ3) is 3.36. The summed E-state index contributed by atoms with van der Waals surface area (Å²) in [5, 5.41) is 2.76. The van der Waals surface area contributed by atoms with E-state index in [1.165, 1.54) is 6.33 Å². The molecule has 2 aromatic rings. The van der Waals surface area contributed by atoms with Gasteiger partial charge < -0.3 is 5.32 Å². The summed E-state index contributed by atoms with van der Waals surface area (Å²) in [7, 11) is 0. The molecule has 8 heteroatoms. The number of nitrogens with zero attached hydrogens (tertiary/aromatic N) is 4. The minimum atomic E-state index is -4.49. The first-order valence-electron chi connectivity index (χ1n) is 5.39. The first kappa shape index (κ1) is 13.2. The Hall–Kier alpha value is -2.25. The van der Waals surface area contributed by atoms with Crippen LogP contribution < -0.4 is 5.32 Å². The Morgan fingerprint density at radius 1 is 1.16 bits per heavy atom. The number of hydrogen-bond acceptors (Lipinski definition) is 5. The van der Waals surface area contributed by atoms with E-state index in [9.17, 15) is 13.2 Å². The highest BCUT2D eigenvalue weighted by molar-refractivity contribution is 5.29. The van der Waals surface area contributed by atoms with Crippen LogP contribution >= 0.6 is 0 Å². The number of alkyl halides is 3. The Morgan fingerprint density at radius 2 is 1.95 bits per heavy atom. The lowest BCUT2D eigenvalue weighted by molar-refractivity contribution is -0.141. The van der Waals surface area contributed by atoms with E-state index in [2.05, 4.69) is 25.3 Å². The highest BCUT2D eigenvalue weighted by Gasteiger charge is 2.32. The van der Waals surface area contributed by atoms with Gasteiger partial charge in [0.15, 0.2) is 0 Å². The highest BCUT2D eigenvalue weighted by atomic mass is 19.4. The molecule has 0 radical (unpaired) electrons. The zero-order valence-electron chi connectivity index (χ0n) is 9.89. The number of hydrogen-bond donors (Lipinski definition) is 1. The van der Waals surface area contributed by atoms with E-state index in [0.29, 0.717) is 5.69 Å². The average molecular weight is 269 g/mol. The van der Waals surface area contributed by atoms with Crippen LogP contribution in [-0.2, 0) is 6.18 Å². The largest absolute Gasteiger partial charge is 0.433 e. The van der Waals surface area contributed by atoms with Crippen molar-refractivity contribution in [1.29, 1.82) is 0 Å². The standard InChI is InChI=1S/C11H10F3N5/c1-7(8-2-4-15-6-17-8)18-10-16-5-3-9(19-10)11(12,13)14/h2-7H,1H3,(H,16,18,19)/t7-/m1/s1. The summed E-state index contributed by atoms with van der Waals surface area (Å²) < 4.78 is 37.5. The minimum Gasteiger partial charge on any atom is -0.346 e. The van der Waals surface area contributed by atoms with Crippen molar-refractivity contribution in [3.8, 4) is 0 Å². The second kappa shape index (κ2) is 5.17. The zero-order chi connectivity index (χ0) is 13.9. The Bertz CT molecular complexity index is 544. The van der Waals surface area contributed by atoms with Gasteiger partial charge in [-0.2, -0.15) is 13.2 Å². The summed E-state index contributed by atoms with van der Waals surface area (Å²) in [6.45, 7) is 1.74. The van der Waals surface area contributed by atoms with Crippen molar-refractivity contribution in [3.63, 3.8) is 0 Å². The molecule has 19 heavy (non-hydrogen) atoms. The Kier molecular flexibility index (Phi) is 3.59. The van der Waals surface area contributed by atoms with Crippen LogP contribution in [0.3, 0.4) is 0 Å². The summed E-state index contributed by atoms with van der Waals surface area (Å²) in [6.07, 6.45) is -0.517. The molecular weight excluding hydrogens is 259 g/mol. The summed E-state index contributed by atoms with van der Waals surface area (Å²) in [4.78, 5) is 14.9. The van der Waals surface area contributed by atoms with Gasteiger partial charge in [-0.05, 0) is 19.1 Å². The van der Waals surface area contributed by atoms with Gasteiger partial charge >= 0.3 is 6.18 Å². The summed E-state index contributed by atoms with van der Waals surface area (Å²) in [5.41, 5.74) is -0.351. The van der Waals surface area contributed by atoms with Crippen LogP contribution in [0.2, 0.25) is 0 Å². The average Bonchev–Trinajstić information content (AvgIpc) is 2.39. The molecule has 0 fully saturated rings. The molecule has 0 amide bonds. The van der Waals surface area contributed by atoms with Crippen LogP contribution in [0.1, 0.15) is 24.4 Å². The lowest BCUT2D eigenvalue weighted by Gasteiger charge is -2.13. The fourth-order valence-electron chi connectivity index (χ4n) is 1.41. The topological polar surface area (TPSA) is 63.6 Å². The fraction of sp³-hybridized carbons (Fsp3) is 0.273. The molecule has 0 aliphatic heterocycles. The normalized spacial score (nSPS) is 13.1. The highest BCUT2D eigenvalue weighted by Crippen LogP contribution is 2.27. The first-order chi connectivity index (χ1) is 8.97. The monoisotopic (exact) mass is 269 g/mol. The third-order valence-electron chi connectivity index (χ3n) is 2.34. The number of rotatable bonds is 3. The van der Waals surface area contributed by atoms with E-state index in [1.807, 2.05) is 0 Å².